The lowest BCUT2D eigenvalue weighted by Gasteiger charge is -2.34. The Morgan fingerprint density at radius 3 is 2.81 bits per heavy atom. The van der Waals surface area contributed by atoms with Crippen molar-refractivity contribution >= 4 is 17.2 Å². The summed E-state index contributed by atoms with van der Waals surface area (Å²) in [6.07, 6.45) is 1.19. The third-order valence-corrected chi connectivity index (χ3v) is 4.56. The standard InChI is InChI=1S/C14H19N5OS/c1-10-6-11(2)8-18(7-10)13(20)9-19-16-14(15-17-19)12-4-3-5-21-12/h3-5,10-11H,6-9H2,1-2H3/t10-,11+. The molecule has 112 valence electrons. The molecular formula is C14H19N5OS. The zero-order valence-electron chi connectivity index (χ0n) is 12.3. The fourth-order valence-electron chi connectivity index (χ4n) is 2.90. The van der Waals surface area contributed by atoms with Crippen LogP contribution in [0.5, 0.6) is 0 Å². The highest BCUT2D eigenvalue weighted by Crippen LogP contribution is 2.21. The van der Waals surface area contributed by atoms with Gasteiger partial charge in [-0.15, -0.1) is 21.5 Å². The molecule has 3 heterocycles. The molecule has 1 saturated heterocycles. The highest BCUT2D eigenvalue weighted by atomic mass is 32.1. The summed E-state index contributed by atoms with van der Waals surface area (Å²) in [5.74, 6) is 1.77. The smallest absolute Gasteiger partial charge is 0.246 e. The van der Waals surface area contributed by atoms with E-state index in [0.717, 1.165) is 18.0 Å². The monoisotopic (exact) mass is 305 g/mol. The van der Waals surface area contributed by atoms with Crippen LogP contribution in [0.3, 0.4) is 0 Å². The molecule has 2 atom stereocenters. The van der Waals surface area contributed by atoms with Gasteiger partial charge in [0.2, 0.25) is 11.7 Å². The third kappa shape index (κ3) is 3.29. The first-order valence-corrected chi connectivity index (χ1v) is 8.09. The lowest BCUT2D eigenvalue weighted by atomic mass is 9.92. The van der Waals surface area contributed by atoms with E-state index >= 15 is 0 Å². The van der Waals surface area contributed by atoms with Crippen molar-refractivity contribution in [1.29, 1.82) is 0 Å². The van der Waals surface area contributed by atoms with Gasteiger partial charge in [-0.05, 0) is 34.9 Å². The predicted molar refractivity (Wildman–Crippen MR) is 80.7 cm³/mol. The number of hydrogen-bond acceptors (Lipinski definition) is 5. The SMILES string of the molecule is C[C@@H]1C[C@H](C)CN(C(=O)Cn2nnc(-c3cccs3)n2)C1. The number of hydrogen-bond donors (Lipinski definition) is 0. The van der Waals surface area contributed by atoms with Gasteiger partial charge in [-0.2, -0.15) is 4.80 Å². The summed E-state index contributed by atoms with van der Waals surface area (Å²) >= 11 is 1.56. The van der Waals surface area contributed by atoms with Crippen molar-refractivity contribution in [2.75, 3.05) is 13.1 Å². The molecular weight excluding hydrogens is 286 g/mol. The van der Waals surface area contributed by atoms with Gasteiger partial charge in [0, 0.05) is 13.1 Å². The number of tetrazole rings is 1. The molecule has 3 rings (SSSR count). The van der Waals surface area contributed by atoms with Crippen LogP contribution in [0.15, 0.2) is 17.5 Å². The summed E-state index contributed by atoms with van der Waals surface area (Å²) in [6.45, 7) is 6.21. The third-order valence-electron chi connectivity index (χ3n) is 3.69. The van der Waals surface area contributed by atoms with E-state index in [-0.39, 0.29) is 12.5 Å². The van der Waals surface area contributed by atoms with Crippen LogP contribution < -0.4 is 0 Å². The average Bonchev–Trinajstić information content (AvgIpc) is 3.07. The molecule has 21 heavy (non-hydrogen) atoms. The number of carbonyl (C=O) groups excluding carboxylic acids is 1. The highest BCUT2D eigenvalue weighted by molar-refractivity contribution is 7.13. The summed E-state index contributed by atoms with van der Waals surface area (Å²) in [5.41, 5.74) is 0. The Morgan fingerprint density at radius 1 is 1.38 bits per heavy atom. The second-order valence-corrected chi connectivity index (χ2v) is 6.81. The maximum Gasteiger partial charge on any atom is 0.246 e. The molecule has 0 aliphatic carbocycles. The Balaban J connectivity index is 1.65. The van der Waals surface area contributed by atoms with Crippen LogP contribution in [0.2, 0.25) is 0 Å². The molecule has 0 unspecified atom stereocenters. The van der Waals surface area contributed by atoms with Crippen LogP contribution in [-0.2, 0) is 11.3 Å². The van der Waals surface area contributed by atoms with E-state index in [0.29, 0.717) is 17.7 Å². The Labute approximate surface area is 127 Å². The molecule has 0 N–H and O–H groups in total. The Hall–Kier alpha value is -1.76. The van der Waals surface area contributed by atoms with E-state index in [1.807, 2.05) is 22.4 Å². The van der Waals surface area contributed by atoms with Crippen LogP contribution in [0.1, 0.15) is 20.3 Å². The fourth-order valence-corrected chi connectivity index (χ4v) is 3.55. The van der Waals surface area contributed by atoms with Crippen molar-refractivity contribution in [3.05, 3.63) is 17.5 Å². The van der Waals surface area contributed by atoms with Gasteiger partial charge >= 0.3 is 0 Å². The Bertz CT molecular complexity index is 599. The molecule has 1 amide bonds. The second-order valence-electron chi connectivity index (χ2n) is 5.87. The van der Waals surface area contributed by atoms with Crippen molar-refractivity contribution in [1.82, 2.24) is 25.1 Å². The maximum atomic E-state index is 12.4. The largest absolute Gasteiger partial charge is 0.340 e. The minimum Gasteiger partial charge on any atom is -0.340 e. The summed E-state index contributed by atoms with van der Waals surface area (Å²) in [4.78, 5) is 16.6. The number of piperidine rings is 1. The normalized spacial score (nSPS) is 22.5. The number of likely N-dealkylation sites (tertiary alicyclic amines) is 1. The van der Waals surface area contributed by atoms with Crippen molar-refractivity contribution in [2.45, 2.75) is 26.8 Å². The second kappa shape index (κ2) is 5.93. The molecule has 1 aliphatic heterocycles. The Kier molecular flexibility index (Phi) is 4.01. The summed E-state index contributed by atoms with van der Waals surface area (Å²) in [6, 6.07) is 3.89. The van der Waals surface area contributed by atoms with E-state index < -0.39 is 0 Å². The molecule has 1 aliphatic rings. The van der Waals surface area contributed by atoms with Crippen LogP contribution in [0, 0.1) is 11.8 Å². The number of rotatable bonds is 3. The summed E-state index contributed by atoms with van der Waals surface area (Å²) in [7, 11) is 0. The molecule has 7 heteroatoms. The van der Waals surface area contributed by atoms with Gasteiger partial charge in [-0.25, -0.2) is 0 Å². The first kappa shape index (κ1) is 14.2. The molecule has 6 nitrogen and oxygen atoms in total. The van der Waals surface area contributed by atoms with Crippen LogP contribution in [-0.4, -0.2) is 44.1 Å². The molecule has 0 aromatic carbocycles. The van der Waals surface area contributed by atoms with Gasteiger partial charge in [0.25, 0.3) is 0 Å². The molecule has 0 spiro atoms. The lowest BCUT2D eigenvalue weighted by molar-refractivity contribution is -0.135. The van der Waals surface area contributed by atoms with Crippen LogP contribution in [0.4, 0.5) is 0 Å². The van der Waals surface area contributed by atoms with Crippen molar-refractivity contribution in [3.8, 4) is 10.7 Å². The first-order chi connectivity index (χ1) is 10.1. The predicted octanol–water partition coefficient (Wildman–Crippen LogP) is 1.91. The Morgan fingerprint density at radius 2 is 2.14 bits per heavy atom. The van der Waals surface area contributed by atoms with Gasteiger partial charge in [0.15, 0.2) is 0 Å². The topological polar surface area (TPSA) is 63.9 Å². The number of nitrogens with zero attached hydrogens (tertiary/aromatic N) is 5. The first-order valence-electron chi connectivity index (χ1n) is 7.21. The van der Waals surface area contributed by atoms with E-state index in [4.69, 9.17) is 0 Å². The average molecular weight is 305 g/mol. The molecule has 0 saturated carbocycles. The van der Waals surface area contributed by atoms with E-state index in [2.05, 4.69) is 29.3 Å². The van der Waals surface area contributed by atoms with Gasteiger partial charge in [0.05, 0.1) is 4.88 Å². The number of aromatic nitrogens is 4. The zero-order chi connectivity index (χ0) is 14.8. The number of thiophene rings is 1. The van der Waals surface area contributed by atoms with E-state index in [1.165, 1.54) is 11.2 Å². The quantitative estimate of drug-likeness (QED) is 0.869. The van der Waals surface area contributed by atoms with Gasteiger partial charge in [0.1, 0.15) is 6.54 Å². The lowest BCUT2D eigenvalue weighted by Crippen LogP contribution is -2.44. The molecule has 0 bridgehead atoms. The summed E-state index contributed by atoms with van der Waals surface area (Å²) < 4.78 is 0. The molecule has 1 fully saturated rings. The minimum atomic E-state index is 0.0727. The van der Waals surface area contributed by atoms with Crippen molar-refractivity contribution < 1.29 is 4.79 Å². The van der Waals surface area contributed by atoms with Crippen molar-refractivity contribution in [3.63, 3.8) is 0 Å². The molecule has 0 radical (unpaired) electrons. The zero-order valence-corrected chi connectivity index (χ0v) is 13.1. The maximum absolute atomic E-state index is 12.4. The highest BCUT2D eigenvalue weighted by Gasteiger charge is 2.25. The number of amides is 1. The van der Waals surface area contributed by atoms with Crippen molar-refractivity contribution in [2.24, 2.45) is 11.8 Å². The fraction of sp³-hybridized carbons (Fsp3) is 0.571. The number of carbonyl (C=O) groups is 1. The molecule has 2 aromatic heterocycles. The van der Waals surface area contributed by atoms with Crippen LogP contribution >= 0.6 is 11.3 Å². The molecule has 2 aromatic rings. The van der Waals surface area contributed by atoms with E-state index in [1.54, 1.807) is 11.3 Å². The summed E-state index contributed by atoms with van der Waals surface area (Å²) in [5, 5.41) is 14.2. The van der Waals surface area contributed by atoms with E-state index in [9.17, 15) is 4.79 Å². The van der Waals surface area contributed by atoms with Gasteiger partial charge in [-0.1, -0.05) is 19.9 Å². The minimum absolute atomic E-state index is 0.0727. The van der Waals surface area contributed by atoms with Crippen LogP contribution in [0.25, 0.3) is 10.7 Å². The van der Waals surface area contributed by atoms with Gasteiger partial charge in [-0.3, -0.25) is 4.79 Å². The van der Waals surface area contributed by atoms with Gasteiger partial charge < -0.3 is 4.90 Å².